The van der Waals surface area contributed by atoms with Crippen LogP contribution in [0.1, 0.15) is 19.3 Å². The molecule has 0 spiro atoms. The summed E-state index contributed by atoms with van der Waals surface area (Å²) in [6.07, 6.45) is 1.94. The van der Waals surface area contributed by atoms with E-state index in [-0.39, 0.29) is 17.1 Å². The molecular formula is C12H16BrN3O3S. The molecule has 1 unspecified atom stereocenters. The molecule has 0 aromatic heterocycles. The second kappa shape index (κ2) is 5.71. The van der Waals surface area contributed by atoms with E-state index in [0.29, 0.717) is 17.3 Å². The first-order valence-corrected chi connectivity index (χ1v) is 8.43. The summed E-state index contributed by atoms with van der Waals surface area (Å²) in [5, 5.41) is 0. The highest BCUT2D eigenvalue weighted by atomic mass is 79.9. The summed E-state index contributed by atoms with van der Waals surface area (Å²) in [6, 6.07) is 3.76. The minimum atomic E-state index is -3.82. The lowest BCUT2D eigenvalue weighted by Crippen LogP contribution is -2.50. The van der Waals surface area contributed by atoms with Crippen molar-refractivity contribution >= 4 is 37.5 Å². The third-order valence-corrected chi connectivity index (χ3v) is 5.82. The Morgan fingerprint density at radius 2 is 2.05 bits per heavy atom. The number of carbonyl (C=O) groups excluding carboxylic acids is 1. The highest BCUT2D eigenvalue weighted by Gasteiger charge is 2.37. The van der Waals surface area contributed by atoms with E-state index >= 15 is 0 Å². The number of anilines is 1. The van der Waals surface area contributed by atoms with E-state index < -0.39 is 22.0 Å². The average Bonchev–Trinajstić information content (AvgIpc) is 2.38. The molecule has 1 aliphatic heterocycles. The standard InChI is InChI=1S/C12H16BrN3O3S/c13-8-4-5-11(9(14)7-8)20(18,19)16-6-2-1-3-10(16)12(15)17/h4-5,7,10H,1-3,6,14H2,(H2,15,17). The molecule has 2 rings (SSSR count). The van der Waals surface area contributed by atoms with Gasteiger partial charge in [0.1, 0.15) is 10.9 Å². The molecule has 1 aromatic carbocycles. The third kappa shape index (κ3) is 2.82. The number of rotatable bonds is 3. The van der Waals surface area contributed by atoms with Crippen molar-refractivity contribution in [2.45, 2.75) is 30.2 Å². The number of piperidine rings is 1. The van der Waals surface area contributed by atoms with Gasteiger partial charge in [-0.1, -0.05) is 22.4 Å². The van der Waals surface area contributed by atoms with E-state index in [4.69, 9.17) is 11.5 Å². The van der Waals surface area contributed by atoms with Crippen molar-refractivity contribution in [3.63, 3.8) is 0 Å². The molecule has 1 atom stereocenters. The van der Waals surface area contributed by atoms with E-state index in [2.05, 4.69) is 15.9 Å². The summed E-state index contributed by atoms with van der Waals surface area (Å²) in [7, 11) is -3.82. The van der Waals surface area contributed by atoms with Gasteiger partial charge in [0.2, 0.25) is 15.9 Å². The molecule has 1 fully saturated rings. The van der Waals surface area contributed by atoms with Gasteiger partial charge in [0.05, 0.1) is 5.69 Å². The SMILES string of the molecule is NC(=O)C1CCCCN1S(=O)(=O)c1ccc(Br)cc1N. The van der Waals surface area contributed by atoms with Crippen LogP contribution in [0.4, 0.5) is 5.69 Å². The van der Waals surface area contributed by atoms with E-state index in [0.717, 1.165) is 6.42 Å². The lowest BCUT2D eigenvalue weighted by Gasteiger charge is -2.32. The minimum absolute atomic E-state index is 0.00819. The maximum atomic E-state index is 12.7. The molecule has 6 nitrogen and oxygen atoms in total. The first-order valence-electron chi connectivity index (χ1n) is 6.20. The summed E-state index contributed by atoms with van der Waals surface area (Å²) < 4.78 is 27.2. The molecule has 1 aromatic rings. The highest BCUT2D eigenvalue weighted by Crippen LogP contribution is 2.29. The largest absolute Gasteiger partial charge is 0.398 e. The topological polar surface area (TPSA) is 106 Å². The number of sulfonamides is 1. The molecule has 0 bridgehead atoms. The number of hydrogen-bond acceptors (Lipinski definition) is 4. The van der Waals surface area contributed by atoms with Crippen LogP contribution in [0, 0.1) is 0 Å². The second-order valence-electron chi connectivity index (χ2n) is 4.71. The van der Waals surface area contributed by atoms with Crippen molar-refractivity contribution in [3.05, 3.63) is 22.7 Å². The zero-order chi connectivity index (χ0) is 14.9. The molecule has 1 heterocycles. The molecule has 1 saturated heterocycles. The van der Waals surface area contributed by atoms with Crippen LogP contribution in [0.3, 0.4) is 0 Å². The smallest absolute Gasteiger partial charge is 0.245 e. The normalized spacial score (nSPS) is 20.8. The van der Waals surface area contributed by atoms with Gasteiger partial charge in [-0.15, -0.1) is 0 Å². The Hall–Kier alpha value is -1.12. The monoisotopic (exact) mass is 361 g/mol. The lowest BCUT2D eigenvalue weighted by atomic mass is 10.0. The summed E-state index contributed by atoms with van der Waals surface area (Å²) in [4.78, 5) is 11.5. The molecule has 0 aliphatic carbocycles. The van der Waals surface area contributed by atoms with Gasteiger partial charge in [-0.05, 0) is 31.0 Å². The molecule has 20 heavy (non-hydrogen) atoms. The van der Waals surface area contributed by atoms with Gasteiger partial charge < -0.3 is 11.5 Å². The van der Waals surface area contributed by atoms with Gasteiger partial charge in [-0.3, -0.25) is 4.79 Å². The van der Waals surface area contributed by atoms with Gasteiger partial charge in [0.25, 0.3) is 0 Å². The number of halogens is 1. The first kappa shape index (κ1) is 15.3. The van der Waals surface area contributed by atoms with E-state index in [9.17, 15) is 13.2 Å². The molecular weight excluding hydrogens is 346 g/mol. The molecule has 1 aliphatic rings. The lowest BCUT2D eigenvalue weighted by molar-refractivity contribution is -0.122. The van der Waals surface area contributed by atoms with Crippen molar-refractivity contribution in [1.82, 2.24) is 4.31 Å². The van der Waals surface area contributed by atoms with Crippen LogP contribution >= 0.6 is 15.9 Å². The van der Waals surface area contributed by atoms with Crippen LogP contribution in [-0.4, -0.2) is 31.2 Å². The van der Waals surface area contributed by atoms with Gasteiger partial charge in [0, 0.05) is 11.0 Å². The average molecular weight is 362 g/mol. The maximum absolute atomic E-state index is 12.7. The maximum Gasteiger partial charge on any atom is 0.245 e. The van der Waals surface area contributed by atoms with Gasteiger partial charge >= 0.3 is 0 Å². The summed E-state index contributed by atoms with van der Waals surface area (Å²) in [5.41, 5.74) is 11.2. The van der Waals surface area contributed by atoms with Crippen LogP contribution in [-0.2, 0) is 14.8 Å². The highest BCUT2D eigenvalue weighted by molar-refractivity contribution is 9.10. The van der Waals surface area contributed by atoms with Gasteiger partial charge in [0.15, 0.2) is 0 Å². The Bertz CT molecular complexity index is 633. The first-order chi connectivity index (χ1) is 9.34. The Morgan fingerprint density at radius 3 is 2.65 bits per heavy atom. The summed E-state index contributed by atoms with van der Waals surface area (Å²) in [5.74, 6) is -0.621. The number of carbonyl (C=O) groups is 1. The predicted octanol–water partition coefficient (Wildman–Crippen LogP) is 1.06. The number of primary amides is 1. The van der Waals surface area contributed by atoms with Crippen molar-refractivity contribution in [1.29, 1.82) is 0 Å². The number of nitrogens with two attached hydrogens (primary N) is 2. The van der Waals surface area contributed by atoms with Gasteiger partial charge in [-0.2, -0.15) is 4.31 Å². The number of benzene rings is 1. The summed E-state index contributed by atoms with van der Waals surface area (Å²) in [6.45, 7) is 0.283. The van der Waals surface area contributed by atoms with Crippen LogP contribution < -0.4 is 11.5 Å². The molecule has 1 amide bonds. The molecule has 0 radical (unpaired) electrons. The molecule has 8 heteroatoms. The van der Waals surface area contributed by atoms with Crippen LogP contribution in [0.25, 0.3) is 0 Å². The van der Waals surface area contributed by atoms with Crippen molar-refractivity contribution in [2.24, 2.45) is 5.73 Å². The summed E-state index contributed by atoms with van der Waals surface area (Å²) >= 11 is 3.23. The van der Waals surface area contributed by atoms with Crippen LogP contribution in [0.2, 0.25) is 0 Å². The number of hydrogen-bond donors (Lipinski definition) is 2. The van der Waals surface area contributed by atoms with E-state index in [1.54, 1.807) is 6.07 Å². The Balaban J connectivity index is 2.45. The van der Waals surface area contributed by atoms with Crippen LogP contribution in [0.5, 0.6) is 0 Å². The van der Waals surface area contributed by atoms with Crippen molar-refractivity contribution < 1.29 is 13.2 Å². The zero-order valence-electron chi connectivity index (χ0n) is 10.8. The fourth-order valence-electron chi connectivity index (χ4n) is 2.36. The Labute approximate surface area is 126 Å². The second-order valence-corrected chi connectivity index (χ2v) is 7.49. The Kier molecular flexibility index (Phi) is 4.36. The van der Waals surface area contributed by atoms with Crippen molar-refractivity contribution in [2.75, 3.05) is 12.3 Å². The third-order valence-electron chi connectivity index (χ3n) is 3.34. The quantitative estimate of drug-likeness (QED) is 0.784. The number of nitrogens with zero attached hydrogens (tertiary/aromatic N) is 1. The zero-order valence-corrected chi connectivity index (χ0v) is 13.2. The molecule has 4 N–H and O–H groups in total. The fraction of sp³-hybridized carbons (Fsp3) is 0.417. The Morgan fingerprint density at radius 1 is 1.35 bits per heavy atom. The van der Waals surface area contributed by atoms with Gasteiger partial charge in [-0.25, -0.2) is 8.42 Å². The van der Waals surface area contributed by atoms with E-state index in [1.807, 2.05) is 0 Å². The van der Waals surface area contributed by atoms with Crippen molar-refractivity contribution in [3.8, 4) is 0 Å². The predicted molar refractivity (Wildman–Crippen MR) is 79.3 cm³/mol. The minimum Gasteiger partial charge on any atom is -0.398 e. The fourth-order valence-corrected chi connectivity index (χ4v) is 4.50. The molecule has 0 saturated carbocycles. The number of nitrogen functional groups attached to an aromatic ring is 1. The van der Waals surface area contributed by atoms with E-state index in [1.165, 1.54) is 16.4 Å². The molecule has 110 valence electrons. The van der Waals surface area contributed by atoms with Crippen LogP contribution in [0.15, 0.2) is 27.6 Å². The number of amides is 1.